The number of nitrogens with zero attached hydrogens (tertiary/aromatic N) is 1. The van der Waals surface area contributed by atoms with Gasteiger partial charge in [-0.1, -0.05) is 27.7 Å². The molecule has 1 aliphatic rings. The van der Waals surface area contributed by atoms with E-state index in [0.717, 1.165) is 12.6 Å². The lowest BCUT2D eigenvalue weighted by Gasteiger charge is -2.29. The minimum absolute atomic E-state index is 0.362. The highest BCUT2D eigenvalue weighted by Gasteiger charge is 2.31. The van der Waals surface area contributed by atoms with Gasteiger partial charge in [-0.25, -0.2) is 0 Å². The molecule has 1 saturated heterocycles. The molecular formula is C13H29NO. The summed E-state index contributed by atoms with van der Waals surface area (Å²) in [4.78, 5) is 2.57. The summed E-state index contributed by atoms with van der Waals surface area (Å²) < 4.78 is 0. The van der Waals surface area contributed by atoms with Crippen LogP contribution in [-0.4, -0.2) is 35.2 Å². The number of likely N-dealkylation sites (tertiary alicyclic amines) is 1. The Morgan fingerprint density at radius 1 is 1.27 bits per heavy atom. The molecule has 0 aromatic heterocycles. The quantitative estimate of drug-likeness (QED) is 0.779. The first-order chi connectivity index (χ1) is 7.22. The van der Waals surface area contributed by atoms with Crippen molar-refractivity contribution in [1.29, 1.82) is 0 Å². The van der Waals surface area contributed by atoms with E-state index in [0.29, 0.717) is 18.6 Å². The molecule has 15 heavy (non-hydrogen) atoms. The van der Waals surface area contributed by atoms with Gasteiger partial charge in [-0.2, -0.15) is 0 Å². The van der Waals surface area contributed by atoms with Crippen molar-refractivity contribution in [3.05, 3.63) is 0 Å². The zero-order chi connectivity index (χ0) is 11.8. The highest BCUT2D eigenvalue weighted by molar-refractivity contribution is 4.85. The fraction of sp³-hybridized carbons (Fsp3) is 1.00. The second-order valence-electron chi connectivity index (χ2n) is 4.30. The average molecular weight is 215 g/mol. The minimum atomic E-state index is 0.362. The highest BCUT2D eigenvalue weighted by atomic mass is 16.3. The van der Waals surface area contributed by atoms with E-state index in [1.165, 1.54) is 19.3 Å². The normalized spacial score (nSPS) is 26.6. The third kappa shape index (κ3) is 4.12. The van der Waals surface area contributed by atoms with Crippen LogP contribution in [0.15, 0.2) is 0 Å². The summed E-state index contributed by atoms with van der Waals surface area (Å²) in [6, 6.07) is 1.40. The van der Waals surface area contributed by atoms with Crippen LogP contribution in [0.3, 0.4) is 0 Å². The van der Waals surface area contributed by atoms with Crippen LogP contribution < -0.4 is 0 Å². The molecule has 1 rings (SSSR count). The van der Waals surface area contributed by atoms with Gasteiger partial charge in [0.2, 0.25) is 0 Å². The summed E-state index contributed by atoms with van der Waals surface area (Å²) in [6.07, 6.45) is 3.64. The Balaban J connectivity index is 0.000000921. The van der Waals surface area contributed by atoms with Crippen LogP contribution in [0.5, 0.6) is 0 Å². The lowest BCUT2D eigenvalue weighted by molar-refractivity contribution is 0.166. The molecule has 1 N–H and O–H groups in total. The van der Waals surface area contributed by atoms with Gasteiger partial charge in [0.05, 0.1) is 0 Å². The number of aliphatic hydroxyl groups excluding tert-OH is 1. The molecule has 1 fully saturated rings. The SMILES string of the molecule is CC.CCC(CC)N1CC(CO)CC1C. The molecule has 2 atom stereocenters. The highest BCUT2D eigenvalue weighted by Crippen LogP contribution is 2.26. The van der Waals surface area contributed by atoms with Gasteiger partial charge >= 0.3 is 0 Å². The molecule has 92 valence electrons. The van der Waals surface area contributed by atoms with Crippen molar-refractivity contribution in [2.45, 2.75) is 66.0 Å². The van der Waals surface area contributed by atoms with E-state index in [2.05, 4.69) is 25.7 Å². The molecule has 2 nitrogen and oxygen atoms in total. The topological polar surface area (TPSA) is 23.5 Å². The van der Waals surface area contributed by atoms with Gasteiger partial charge in [-0.3, -0.25) is 4.90 Å². The van der Waals surface area contributed by atoms with Gasteiger partial charge in [-0.05, 0) is 32.1 Å². The summed E-state index contributed by atoms with van der Waals surface area (Å²) in [5.74, 6) is 0.524. The molecule has 0 radical (unpaired) electrons. The van der Waals surface area contributed by atoms with Crippen LogP contribution in [-0.2, 0) is 0 Å². The van der Waals surface area contributed by atoms with Gasteiger partial charge in [0, 0.05) is 25.2 Å². The van der Waals surface area contributed by atoms with E-state index in [1.54, 1.807) is 0 Å². The molecule has 0 spiro atoms. The molecule has 1 aliphatic heterocycles. The van der Waals surface area contributed by atoms with Gasteiger partial charge in [0.1, 0.15) is 0 Å². The molecular weight excluding hydrogens is 186 g/mol. The number of hydrogen-bond acceptors (Lipinski definition) is 2. The van der Waals surface area contributed by atoms with Crippen LogP contribution in [0.25, 0.3) is 0 Å². The van der Waals surface area contributed by atoms with Crippen molar-refractivity contribution in [2.75, 3.05) is 13.2 Å². The zero-order valence-corrected chi connectivity index (χ0v) is 11.2. The molecule has 0 aromatic rings. The third-order valence-electron chi connectivity index (χ3n) is 3.38. The van der Waals surface area contributed by atoms with Crippen LogP contribution >= 0.6 is 0 Å². The first-order valence-corrected chi connectivity index (χ1v) is 6.59. The van der Waals surface area contributed by atoms with E-state index in [-0.39, 0.29) is 0 Å². The lowest BCUT2D eigenvalue weighted by atomic mass is 10.1. The molecule has 0 aliphatic carbocycles. The molecule has 0 saturated carbocycles. The Hall–Kier alpha value is -0.0800. The Morgan fingerprint density at radius 3 is 2.13 bits per heavy atom. The molecule has 0 amide bonds. The smallest absolute Gasteiger partial charge is 0.0472 e. The summed E-state index contributed by atoms with van der Waals surface area (Å²) in [7, 11) is 0. The first kappa shape index (κ1) is 14.9. The van der Waals surface area contributed by atoms with Crippen molar-refractivity contribution in [3.8, 4) is 0 Å². The Labute approximate surface area is 95.7 Å². The third-order valence-corrected chi connectivity index (χ3v) is 3.38. The van der Waals surface area contributed by atoms with Crippen molar-refractivity contribution < 1.29 is 5.11 Å². The maximum atomic E-state index is 9.10. The maximum absolute atomic E-state index is 9.10. The standard InChI is InChI=1S/C11H23NO.C2H6/c1-4-11(5-2)12-7-10(8-13)6-9(12)3;1-2/h9-11,13H,4-8H2,1-3H3;1-2H3. The van der Waals surface area contributed by atoms with Crippen LogP contribution in [0, 0.1) is 5.92 Å². The van der Waals surface area contributed by atoms with E-state index in [9.17, 15) is 0 Å². The van der Waals surface area contributed by atoms with Crippen molar-refractivity contribution >= 4 is 0 Å². The van der Waals surface area contributed by atoms with Crippen molar-refractivity contribution in [3.63, 3.8) is 0 Å². The monoisotopic (exact) mass is 215 g/mol. The van der Waals surface area contributed by atoms with Crippen LogP contribution in [0.2, 0.25) is 0 Å². The van der Waals surface area contributed by atoms with E-state index in [4.69, 9.17) is 5.11 Å². The van der Waals surface area contributed by atoms with E-state index in [1.807, 2.05) is 13.8 Å². The van der Waals surface area contributed by atoms with Crippen LogP contribution in [0.1, 0.15) is 53.9 Å². The van der Waals surface area contributed by atoms with Gasteiger partial charge in [0.25, 0.3) is 0 Å². The second-order valence-corrected chi connectivity index (χ2v) is 4.30. The largest absolute Gasteiger partial charge is 0.396 e. The maximum Gasteiger partial charge on any atom is 0.0472 e. The van der Waals surface area contributed by atoms with Crippen LogP contribution in [0.4, 0.5) is 0 Å². The summed E-state index contributed by atoms with van der Waals surface area (Å²) in [5.41, 5.74) is 0. The Morgan fingerprint density at radius 2 is 1.80 bits per heavy atom. The predicted octanol–water partition coefficient (Wildman–Crippen LogP) is 2.90. The van der Waals surface area contributed by atoms with Crippen molar-refractivity contribution in [2.24, 2.45) is 5.92 Å². The van der Waals surface area contributed by atoms with E-state index < -0.39 is 0 Å². The lowest BCUT2D eigenvalue weighted by Crippen LogP contribution is -2.37. The zero-order valence-electron chi connectivity index (χ0n) is 11.2. The average Bonchev–Trinajstić information content (AvgIpc) is 2.65. The first-order valence-electron chi connectivity index (χ1n) is 6.59. The van der Waals surface area contributed by atoms with Gasteiger partial charge < -0.3 is 5.11 Å². The molecule has 1 heterocycles. The fourth-order valence-electron chi connectivity index (χ4n) is 2.57. The fourth-order valence-corrected chi connectivity index (χ4v) is 2.57. The number of rotatable bonds is 4. The van der Waals surface area contributed by atoms with E-state index >= 15 is 0 Å². The van der Waals surface area contributed by atoms with Gasteiger partial charge in [0.15, 0.2) is 0 Å². The molecule has 2 heteroatoms. The van der Waals surface area contributed by atoms with Crippen molar-refractivity contribution in [1.82, 2.24) is 4.90 Å². The minimum Gasteiger partial charge on any atom is -0.396 e. The summed E-state index contributed by atoms with van der Waals surface area (Å²) in [5, 5.41) is 9.10. The number of hydrogen-bond donors (Lipinski definition) is 1. The predicted molar refractivity (Wildman–Crippen MR) is 67.1 cm³/mol. The Kier molecular flexibility index (Phi) is 8.07. The second kappa shape index (κ2) is 8.12. The molecule has 0 bridgehead atoms. The summed E-state index contributed by atoms with van der Waals surface area (Å²) in [6.45, 7) is 12.3. The summed E-state index contributed by atoms with van der Waals surface area (Å²) >= 11 is 0. The number of aliphatic hydroxyl groups is 1. The Bertz CT molecular complexity index is 145. The molecule has 0 aromatic carbocycles. The van der Waals surface area contributed by atoms with Gasteiger partial charge in [-0.15, -0.1) is 0 Å². The molecule has 2 unspecified atom stereocenters.